The van der Waals surface area contributed by atoms with E-state index in [2.05, 4.69) is 52.9 Å². The van der Waals surface area contributed by atoms with Crippen LogP contribution in [0.4, 0.5) is 9.59 Å². The first-order valence-corrected chi connectivity index (χ1v) is 9.93. The summed E-state index contributed by atoms with van der Waals surface area (Å²) in [6.07, 6.45) is 2.89. The molecule has 34 heavy (non-hydrogen) atoms. The van der Waals surface area contributed by atoms with Crippen molar-refractivity contribution in [2.75, 3.05) is 26.6 Å². The summed E-state index contributed by atoms with van der Waals surface area (Å²) in [6.45, 7) is 12.0. The number of urea groups is 2. The van der Waals surface area contributed by atoms with Crippen molar-refractivity contribution in [3.8, 4) is 0 Å². The van der Waals surface area contributed by atoms with Crippen molar-refractivity contribution in [3.63, 3.8) is 0 Å². The van der Waals surface area contributed by atoms with E-state index < -0.39 is 54.2 Å². The van der Waals surface area contributed by atoms with E-state index >= 15 is 0 Å². The molecule has 0 aromatic carbocycles. The van der Waals surface area contributed by atoms with Crippen LogP contribution in [0, 0.1) is 0 Å². The molecule has 5 N–H and O–H groups in total. The Labute approximate surface area is 195 Å². The van der Waals surface area contributed by atoms with E-state index in [1.54, 1.807) is 0 Å². The third-order valence-electron chi connectivity index (χ3n) is 5.18. The normalized spacial score (nSPS) is 20.6. The van der Waals surface area contributed by atoms with E-state index in [-0.39, 0.29) is 19.9 Å². The Kier molecular flexibility index (Phi) is 8.15. The van der Waals surface area contributed by atoms with Gasteiger partial charge in [-0.25, -0.2) is 9.59 Å². The number of hydrogen-bond acceptors (Lipinski definition) is 6. The fourth-order valence-corrected chi connectivity index (χ4v) is 3.53. The molecular weight excluding hydrogens is 448 g/mol. The van der Waals surface area contributed by atoms with E-state index in [4.69, 9.17) is 0 Å². The number of hydrogen-bond donors (Lipinski definition) is 5. The van der Waals surface area contributed by atoms with Gasteiger partial charge in [-0.05, 0) is 24.3 Å². The number of fused-ring (bicyclic) bond motifs is 1. The standard InChI is InChI=1S/C20H26N8O6/c1-5-13(29)21-9-20-17(25-18(33)27(20)11-23-15(31)7-3)26(10-22-14(30)6-2)19(34)28(20)12-24-16(32)8-4/h5-8,17H,1-4,9-12H2,(H,21,29)(H,22,30)(H,23,31)(H,24,32)(H,25,33). The molecule has 2 atom stereocenters. The zero-order valence-corrected chi connectivity index (χ0v) is 18.3. The predicted molar refractivity (Wildman–Crippen MR) is 119 cm³/mol. The van der Waals surface area contributed by atoms with E-state index in [0.29, 0.717) is 0 Å². The van der Waals surface area contributed by atoms with Crippen molar-refractivity contribution in [1.29, 1.82) is 0 Å². The molecule has 2 heterocycles. The Morgan fingerprint density at radius 1 is 0.765 bits per heavy atom. The molecule has 2 fully saturated rings. The van der Waals surface area contributed by atoms with Gasteiger partial charge in [0.15, 0.2) is 11.8 Å². The van der Waals surface area contributed by atoms with Crippen LogP contribution in [-0.2, 0) is 19.2 Å². The van der Waals surface area contributed by atoms with Gasteiger partial charge in [0.2, 0.25) is 23.6 Å². The first-order chi connectivity index (χ1) is 16.2. The van der Waals surface area contributed by atoms with Crippen molar-refractivity contribution in [3.05, 3.63) is 50.6 Å². The number of nitrogens with zero attached hydrogens (tertiary/aromatic N) is 3. The zero-order valence-electron chi connectivity index (χ0n) is 18.3. The monoisotopic (exact) mass is 474 g/mol. The average Bonchev–Trinajstić information content (AvgIpc) is 3.23. The van der Waals surface area contributed by atoms with E-state index in [1.165, 1.54) is 0 Å². The highest BCUT2D eigenvalue weighted by Gasteiger charge is 2.66. The third kappa shape index (κ3) is 4.90. The minimum Gasteiger partial charge on any atom is -0.348 e. The summed E-state index contributed by atoms with van der Waals surface area (Å²) >= 11 is 0. The van der Waals surface area contributed by atoms with Gasteiger partial charge >= 0.3 is 12.1 Å². The molecule has 0 bridgehead atoms. The number of carbonyl (C=O) groups is 6. The number of amides is 8. The minimum absolute atomic E-state index is 0.313. The molecule has 14 heteroatoms. The van der Waals surface area contributed by atoms with Gasteiger partial charge < -0.3 is 26.6 Å². The average molecular weight is 474 g/mol. The molecule has 14 nitrogen and oxygen atoms in total. The second-order valence-corrected chi connectivity index (χ2v) is 6.97. The van der Waals surface area contributed by atoms with E-state index in [0.717, 1.165) is 39.0 Å². The number of rotatable bonds is 12. The molecular formula is C20H26N8O6. The number of carbonyl (C=O) groups excluding carboxylic acids is 6. The lowest BCUT2D eigenvalue weighted by Gasteiger charge is -2.42. The third-order valence-corrected chi connectivity index (χ3v) is 5.18. The van der Waals surface area contributed by atoms with Gasteiger partial charge in [-0.1, -0.05) is 26.3 Å². The van der Waals surface area contributed by atoms with Crippen molar-refractivity contribution in [1.82, 2.24) is 41.3 Å². The molecule has 2 saturated heterocycles. The molecule has 8 amide bonds. The molecule has 0 aliphatic carbocycles. The van der Waals surface area contributed by atoms with Crippen molar-refractivity contribution in [2.45, 2.75) is 11.8 Å². The van der Waals surface area contributed by atoms with Gasteiger partial charge in [-0.2, -0.15) is 0 Å². The summed E-state index contributed by atoms with van der Waals surface area (Å²) in [5.41, 5.74) is -1.63. The van der Waals surface area contributed by atoms with E-state index in [9.17, 15) is 28.8 Å². The van der Waals surface area contributed by atoms with Crippen LogP contribution in [0.2, 0.25) is 0 Å². The highest BCUT2D eigenvalue weighted by atomic mass is 16.2. The maximum atomic E-state index is 13.4. The SMILES string of the molecule is C=CC(=O)NCN1C(=O)N(CNC(=O)C=C)C2(CNC(=O)C=C)C1NC(=O)N2CNC(=O)C=C. The molecule has 0 spiro atoms. The topological polar surface area (TPSA) is 172 Å². The first kappa shape index (κ1) is 25.6. The minimum atomic E-state index is -1.63. The quantitative estimate of drug-likeness (QED) is 0.202. The molecule has 182 valence electrons. The summed E-state index contributed by atoms with van der Waals surface area (Å²) in [6, 6.07) is -1.37. The van der Waals surface area contributed by atoms with Gasteiger partial charge in [0.25, 0.3) is 0 Å². The maximum absolute atomic E-state index is 13.4. The smallest absolute Gasteiger partial charge is 0.326 e. The van der Waals surface area contributed by atoms with Crippen LogP contribution in [-0.4, -0.2) is 88.8 Å². The van der Waals surface area contributed by atoms with Crippen molar-refractivity contribution < 1.29 is 28.8 Å². The van der Waals surface area contributed by atoms with Crippen molar-refractivity contribution in [2.24, 2.45) is 0 Å². The Bertz CT molecular complexity index is 949. The lowest BCUT2D eigenvalue weighted by Crippen LogP contribution is -2.68. The largest absolute Gasteiger partial charge is 0.348 e. The molecule has 0 saturated carbocycles. The second-order valence-electron chi connectivity index (χ2n) is 6.97. The van der Waals surface area contributed by atoms with Gasteiger partial charge in [0.05, 0.1) is 26.6 Å². The first-order valence-electron chi connectivity index (χ1n) is 9.93. The lowest BCUT2D eigenvalue weighted by molar-refractivity contribution is -0.120. The molecule has 2 rings (SSSR count). The van der Waals surface area contributed by atoms with Gasteiger partial charge in [-0.3, -0.25) is 33.9 Å². The highest BCUT2D eigenvalue weighted by molar-refractivity contribution is 5.91. The summed E-state index contributed by atoms with van der Waals surface area (Å²) in [5.74, 6) is -2.36. The van der Waals surface area contributed by atoms with Crippen LogP contribution in [0.3, 0.4) is 0 Å². The summed E-state index contributed by atoms with van der Waals surface area (Å²) < 4.78 is 0. The zero-order chi connectivity index (χ0) is 25.5. The maximum Gasteiger partial charge on any atom is 0.326 e. The highest BCUT2D eigenvalue weighted by Crippen LogP contribution is 2.38. The second kappa shape index (κ2) is 10.8. The van der Waals surface area contributed by atoms with Gasteiger partial charge in [0, 0.05) is 0 Å². The lowest BCUT2D eigenvalue weighted by atomic mass is 10.1. The molecule has 0 radical (unpaired) electrons. The van der Waals surface area contributed by atoms with Gasteiger partial charge in [-0.15, -0.1) is 0 Å². The van der Waals surface area contributed by atoms with Crippen LogP contribution in [0.15, 0.2) is 50.6 Å². The molecule has 2 aliphatic rings. The molecule has 2 aliphatic heterocycles. The fourth-order valence-electron chi connectivity index (χ4n) is 3.53. The van der Waals surface area contributed by atoms with Crippen LogP contribution in [0.1, 0.15) is 0 Å². The van der Waals surface area contributed by atoms with Crippen LogP contribution >= 0.6 is 0 Å². The number of nitrogens with one attached hydrogen (secondary N) is 5. The predicted octanol–water partition coefficient (Wildman–Crippen LogP) is -2.15. The summed E-state index contributed by atoms with van der Waals surface area (Å²) in [4.78, 5) is 77.0. The Balaban J connectivity index is 2.53. The Hall–Kier alpha value is -4.62. The summed E-state index contributed by atoms with van der Waals surface area (Å²) in [5, 5.41) is 12.6. The molecule has 0 aromatic heterocycles. The molecule has 2 unspecified atom stereocenters. The van der Waals surface area contributed by atoms with Crippen molar-refractivity contribution >= 4 is 35.7 Å². The summed E-state index contributed by atoms with van der Waals surface area (Å²) in [7, 11) is 0. The van der Waals surface area contributed by atoms with Crippen LogP contribution in [0.25, 0.3) is 0 Å². The fraction of sp³-hybridized carbons (Fsp3) is 0.300. The van der Waals surface area contributed by atoms with E-state index in [1.807, 2.05) is 0 Å². The van der Waals surface area contributed by atoms with Crippen LogP contribution < -0.4 is 26.6 Å². The Morgan fingerprint density at radius 2 is 1.21 bits per heavy atom. The van der Waals surface area contributed by atoms with Gasteiger partial charge in [0.1, 0.15) is 0 Å². The molecule has 0 aromatic rings. The Morgan fingerprint density at radius 3 is 1.71 bits per heavy atom. The van der Waals surface area contributed by atoms with Crippen LogP contribution in [0.5, 0.6) is 0 Å².